The van der Waals surface area contributed by atoms with Crippen molar-refractivity contribution in [1.82, 2.24) is 14.8 Å². The third-order valence-electron chi connectivity index (χ3n) is 3.23. The van der Waals surface area contributed by atoms with Crippen molar-refractivity contribution in [3.8, 4) is 0 Å². The van der Waals surface area contributed by atoms with Crippen LogP contribution in [0.15, 0.2) is 42.6 Å². The number of hydrogen-bond acceptors (Lipinski definition) is 2. The van der Waals surface area contributed by atoms with Crippen LogP contribution in [-0.2, 0) is 11.3 Å². The smallest absolute Gasteiger partial charge is 0.227 e. The van der Waals surface area contributed by atoms with Crippen LogP contribution in [0.3, 0.4) is 0 Å². The third-order valence-corrected chi connectivity index (χ3v) is 3.23. The fourth-order valence-corrected chi connectivity index (χ4v) is 2.24. The van der Waals surface area contributed by atoms with Gasteiger partial charge >= 0.3 is 0 Å². The summed E-state index contributed by atoms with van der Waals surface area (Å²) >= 11 is 0. The average molecular weight is 268 g/mol. The van der Waals surface area contributed by atoms with Crippen molar-refractivity contribution in [2.45, 2.75) is 19.9 Å². The molecule has 0 spiro atoms. The third kappa shape index (κ3) is 2.56. The number of benzene rings is 1. The van der Waals surface area contributed by atoms with Gasteiger partial charge in [-0.2, -0.15) is 5.10 Å². The second-order valence-electron chi connectivity index (χ2n) is 4.80. The molecule has 5 nitrogen and oxygen atoms in total. The first kappa shape index (κ1) is 12.5. The highest BCUT2D eigenvalue weighted by molar-refractivity contribution is 5.89. The largest absolute Gasteiger partial charge is 0.347 e. The van der Waals surface area contributed by atoms with E-state index in [4.69, 9.17) is 0 Å². The normalized spacial score (nSPS) is 10.8. The average Bonchev–Trinajstić information content (AvgIpc) is 3.03. The fraction of sp³-hybridized carbons (Fsp3) is 0.200. The Morgan fingerprint density at radius 2 is 2.20 bits per heavy atom. The number of anilines is 1. The fourth-order valence-electron chi connectivity index (χ4n) is 2.24. The first-order chi connectivity index (χ1) is 9.72. The van der Waals surface area contributed by atoms with E-state index >= 15 is 0 Å². The summed E-state index contributed by atoms with van der Waals surface area (Å²) in [4.78, 5) is 11.9. The highest BCUT2D eigenvalue weighted by Crippen LogP contribution is 2.15. The van der Waals surface area contributed by atoms with Crippen LogP contribution in [-0.4, -0.2) is 20.7 Å². The van der Waals surface area contributed by atoms with E-state index in [2.05, 4.69) is 38.3 Å². The van der Waals surface area contributed by atoms with Crippen molar-refractivity contribution < 1.29 is 4.79 Å². The van der Waals surface area contributed by atoms with Gasteiger partial charge in [0.05, 0.1) is 0 Å². The van der Waals surface area contributed by atoms with Crippen molar-refractivity contribution in [3.63, 3.8) is 0 Å². The predicted octanol–water partition coefficient (Wildman–Crippen LogP) is 2.70. The second kappa shape index (κ2) is 5.21. The van der Waals surface area contributed by atoms with Crippen LogP contribution in [0, 0.1) is 6.92 Å². The van der Waals surface area contributed by atoms with Crippen molar-refractivity contribution in [2.75, 3.05) is 5.32 Å². The molecule has 2 N–H and O–H groups in total. The van der Waals surface area contributed by atoms with Gasteiger partial charge in [-0.1, -0.05) is 18.2 Å². The number of rotatable bonds is 4. The Bertz CT molecular complexity index is 741. The van der Waals surface area contributed by atoms with Gasteiger partial charge in [0.2, 0.25) is 5.91 Å². The zero-order valence-corrected chi connectivity index (χ0v) is 11.3. The zero-order chi connectivity index (χ0) is 13.9. The minimum atomic E-state index is -0.0331. The Kier molecular flexibility index (Phi) is 3.25. The standard InChI is InChI=1S/C15H16N4O/c1-11-10-14(18-17-11)16-15(20)7-9-19-8-6-12-4-2-3-5-13(12)19/h2-6,8,10H,7,9H2,1H3,(H2,16,17,18,20). The summed E-state index contributed by atoms with van der Waals surface area (Å²) in [5, 5.41) is 10.8. The van der Waals surface area contributed by atoms with Gasteiger partial charge in [-0.3, -0.25) is 9.89 Å². The van der Waals surface area contributed by atoms with Crippen molar-refractivity contribution in [2.24, 2.45) is 0 Å². The summed E-state index contributed by atoms with van der Waals surface area (Å²) in [6.07, 6.45) is 2.43. The lowest BCUT2D eigenvalue weighted by molar-refractivity contribution is -0.116. The summed E-state index contributed by atoms with van der Waals surface area (Å²) in [6.45, 7) is 2.55. The lowest BCUT2D eigenvalue weighted by Gasteiger charge is -2.05. The molecule has 0 saturated heterocycles. The first-order valence-electron chi connectivity index (χ1n) is 6.58. The molecule has 3 aromatic rings. The molecule has 1 aromatic carbocycles. The van der Waals surface area contributed by atoms with Crippen LogP contribution in [0.1, 0.15) is 12.1 Å². The number of amides is 1. The first-order valence-corrected chi connectivity index (χ1v) is 6.58. The Labute approximate surface area is 116 Å². The number of H-pyrrole nitrogens is 1. The molecule has 0 bridgehead atoms. The van der Waals surface area contributed by atoms with E-state index < -0.39 is 0 Å². The molecule has 0 aliphatic rings. The topological polar surface area (TPSA) is 62.7 Å². The highest BCUT2D eigenvalue weighted by Gasteiger charge is 2.06. The van der Waals surface area contributed by atoms with Crippen molar-refractivity contribution in [3.05, 3.63) is 48.3 Å². The summed E-state index contributed by atoms with van der Waals surface area (Å²) < 4.78 is 2.09. The molecule has 1 amide bonds. The van der Waals surface area contributed by atoms with Crippen LogP contribution >= 0.6 is 0 Å². The number of carbonyl (C=O) groups excluding carboxylic acids is 1. The van der Waals surface area contributed by atoms with Gasteiger partial charge < -0.3 is 9.88 Å². The monoisotopic (exact) mass is 268 g/mol. The van der Waals surface area contributed by atoms with E-state index in [0.29, 0.717) is 18.8 Å². The Morgan fingerprint density at radius 3 is 3.00 bits per heavy atom. The second-order valence-corrected chi connectivity index (χ2v) is 4.80. The molecule has 0 unspecified atom stereocenters. The van der Waals surface area contributed by atoms with Crippen LogP contribution in [0.5, 0.6) is 0 Å². The summed E-state index contributed by atoms with van der Waals surface area (Å²) in [5.41, 5.74) is 2.08. The van der Waals surface area contributed by atoms with Gasteiger partial charge in [-0.25, -0.2) is 0 Å². The molecule has 0 saturated carbocycles. The summed E-state index contributed by atoms with van der Waals surface area (Å²) in [7, 11) is 0. The molecule has 5 heteroatoms. The van der Waals surface area contributed by atoms with Gasteiger partial charge in [-0.15, -0.1) is 0 Å². The van der Waals surface area contributed by atoms with Crippen LogP contribution in [0.25, 0.3) is 10.9 Å². The van der Waals surface area contributed by atoms with E-state index in [0.717, 1.165) is 11.2 Å². The van der Waals surface area contributed by atoms with E-state index in [9.17, 15) is 4.79 Å². The molecule has 0 fully saturated rings. The number of aromatic amines is 1. The maximum atomic E-state index is 11.9. The van der Waals surface area contributed by atoms with E-state index in [1.807, 2.05) is 31.3 Å². The maximum absolute atomic E-state index is 11.9. The van der Waals surface area contributed by atoms with Crippen LogP contribution in [0.4, 0.5) is 5.82 Å². The minimum absolute atomic E-state index is 0.0331. The van der Waals surface area contributed by atoms with E-state index in [1.54, 1.807) is 0 Å². The molecule has 20 heavy (non-hydrogen) atoms. The molecule has 0 aliphatic heterocycles. The Hall–Kier alpha value is -2.56. The van der Waals surface area contributed by atoms with Gasteiger partial charge in [0, 0.05) is 36.4 Å². The van der Waals surface area contributed by atoms with Crippen LogP contribution < -0.4 is 5.32 Å². The Balaban J connectivity index is 1.63. The number of nitrogens with one attached hydrogen (secondary N) is 2. The molecule has 0 atom stereocenters. The van der Waals surface area contributed by atoms with Gasteiger partial charge in [0.15, 0.2) is 5.82 Å². The van der Waals surface area contributed by atoms with Gasteiger partial charge in [0.1, 0.15) is 0 Å². The number of fused-ring (bicyclic) bond motifs is 1. The van der Waals surface area contributed by atoms with Crippen molar-refractivity contribution in [1.29, 1.82) is 0 Å². The lowest BCUT2D eigenvalue weighted by Crippen LogP contribution is -2.14. The van der Waals surface area contributed by atoms with E-state index in [-0.39, 0.29) is 5.91 Å². The minimum Gasteiger partial charge on any atom is -0.347 e. The molecule has 2 aromatic heterocycles. The summed E-state index contributed by atoms with van der Waals surface area (Å²) in [5.74, 6) is 0.541. The molecule has 2 heterocycles. The van der Waals surface area contributed by atoms with Gasteiger partial charge in [0.25, 0.3) is 0 Å². The highest BCUT2D eigenvalue weighted by atomic mass is 16.1. The van der Waals surface area contributed by atoms with E-state index in [1.165, 1.54) is 5.39 Å². The number of para-hydroxylation sites is 1. The molecule has 0 radical (unpaired) electrons. The molecule has 3 rings (SSSR count). The predicted molar refractivity (Wildman–Crippen MR) is 78.5 cm³/mol. The van der Waals surface area contributed by atoms with Crippen LogP contribution in [0.2, 0.25) is 0 Å². The number of aromatic nitrogens is 3. The van der Waals surface area contributed by atoms with Gasteiger partial charge in [-0.05, 0) is 24.4 Å². The summed E-state index contributed by atoms with van der Waals surface area (Å²) in [6, 6.07) is 12.0. The number of carbonyl (C=O) groups is 1. The quantitative estimate of drug-likeness (QED) is 0.764. The number of aryl methyl sites for hydroxylation is 2. The SMILES string of the molecule is Cc1cc(NC(=O)CCn2ccc3ccccc32)n[nH]1. The number of hydrogen-bond donors (Lipinski definition) is 2. The van der Waals surface area contributed by atoms with Crippen molar-refractivity contribution >= 4 is 22.6 Å². The molecule has 0 aliphatic carbocycles. The molecular weight excluding hydrogens is 252 g/mol. The molecule has 102 valence electrons. The maximum Gasteiger partial charge on any atom is 0.227 e. The number of nitrogens with zero attached hydrogens (tertiary/aromatic N) is 2. The zero-order valence-electron chi connectivity index (χ0n) is 11.3. The Morgan fingerprint density at radius 1 is 1.35 bits per heavy atom. The molecular formula is C15H16N4O. The lowest BCUT2D eigenvalue weighted by atomic mass is 10.2.